The van der Waals surface area contributed by atoms with Gasteiger partial charge < -0.3 is 8.83 Å². The summed E-state index contributed by atoms with van der Waals surface area (Å²) in [5.74, 6) is 0. The predicted molar refractivity (Wildman–Crippen MR) is 88.5 cm³/mol. The van der Waals surface area contributed by atoms with Crippen LogP contribution in [-0.4, -0.2) is 0 Å². The van der Waals surface area contributed by atoms with Crippen molar-refractivity contribution >= 4 is 32.7 Å². The van der Waals surface area contributed by atoms with Crippen molar-refractivity contribution in [2.75, 3.05) is 0 Å². The van der Waals surface area contributed by atoms with Crippen molar-refractivity contribution in [1.29, 1.82) is 0 Å². The molecule has 0 saturated heterocycles. The van der Waals surface area contributed by atoms with Crippen molar-refractivity contribution in [3.05, 3.63) is 58.6 Å². The van der Waals surface area contributed by atoms with E-state index in [9.17, 15) is 4.79 Å². The third-order valence-corrected chi connectivity index (χ3v) is 4.12. The summed E-state index contributed by atoms with van der Waals surface area (Å²) in [5, 5.41) is 3.53. The molecule has 0 amide bonds. The summed E-state index contributed by atoms with van der Waals surface area (Å²) in [7, 11) is 0. The molecule has 4 aromatic rings. The normalized spacial score (nSPS) is 12.5. The summed E-state index contributed by atoms with van der Waals surface area (Å²) in [4.78, 5) is 12.1. The van der Waals surface area contributed by atoms with Crippen LogP contribution >= 0.6 is 0 Å². The Hall–Kier alpha value is -2.55. The topological polar surface area (TPSA) is 43.4 Å². The highest BCUT2D eigenvalue weighted by atomic mass is 16.4. The highest BCUT2D eigenvalue weighted by Gasteiger charge is 2.21. The number of rotatable bonds is 0. The summed E-state index contributed by atoms with van der Waals surface area (Å²) in [5.41, 5.74) is 2.14. The second-order valence-electron chi connectivity index (χ2n) is 6.68. The zero-order valence-electron chi connectivity index (χ0n) is 12.8. The molecular weight excluding hydrogens is 276 g/mol. The van der Waals surface area contributed by atoms with E-state index in [0.717, 1.165) is 27.3 Å². The van der Waals surface area contributed by atoms with E-state index in [2.05, 4.69) is 26.8 Å². The molecule has 0 fully saturated rings. The van der Waals surface area contributed by atoms with Crippen LogP contribution in [0.3, 0.4) is 0 Å². The molecule has 2 aromatic heterocycles. The Balaban J connectivity index is 2.22. The van der Waals surface area contributed by atoms with Gasteiger partial charge in [-0.1, -0.05) is 39.0 Å². The van der Waals surface area contributed by atoms with Crippen molar-refractivity contribution in [3.8, 4) is 0 Å². The van der Waals surface area contributed by atoms with Crippen LogP contribution in [0.25, 0.3) is 32.7 Å². The van der Waals surface area contributed by atoms with Gasteiger partial charge in [0.1, 0.15) is 11.2 Å². The van der Waals surface area contributed by atoms with Gasteiger partial charge in [-0.15, -0.1) is 0 Å². The maximum absolute atomic E-state index is 12.1. The summed E-state index contributed by atoms with van der Waals surface area (Å²) in [6.45, 7) is 6.47. The maximum Gasteiger partial charge on any atom is 0.344 e. The molecule has 0 saturated carbocycles. The van der Waals surface area contributed by atoms with Gasteiger partial charge in [0, 0.05) is 22.4 Å². The van der Waals surface area contributed by atoms with Gasteiger partial charge >= 0.3 is 5.63 Å². The average molecular weight is 292 g/mol. The molecule has 110 valence electrons. The van der Waals surface area contributed by atoms with Crippen molar-refractivity contribution in [2.45, 2.75) is 26.2 Å². The molecule has 2 aromatic carbocycles. The molecule has 0 spiro atoms. The first-order valence-corrected chi connectivity index (χ1v) is 7.32. The standard InChI is InChI=1S/C19H16O3/c1-19(2,3)15-10-21-16-9-17-13(8-14(15)16)11-6-4-5-7-12(11)18(20)22-17/h4-10H,1-3H3. The zero-order chi connectivity index (χ0) is 15.5. The molecule has 3 heteroatoms. The summed E-state index contributed by atoms with van der Waals surface area (Å²) >= 11 is 0. The van der Waals surface area contributed by atoms with Crippen LogP contribution in [-0.2, 0) is 5.41 Å². The Morgan fingerprint density at radius 2 is 1.59 bits per heavy atom. The summed E-state index contributed by atoms with van der Waals surface area (Å²) < 4.78 is 11.1. The van der Waals surface area contributed by atoms with E-state index in [1.165, 1.54) is 0 Å². The Labute approximate surface area is 127 Å². The number of hydrogen-bond acceptors (Lipinski definition) is 3. The van der Waals surface area contributed by atoms with Gasteiger partial charge in [-0.2, -0.15) is 0 Å². The fourth-order valence-electron chi connectivity index (χ4n) is 2.98. The largest absolute Gasteiger partial charge is 0.464 e. The number of fused-ring (bicyclic) bond motifs is 4. The number of benzene rings is 2. The van der Waals surface area contributed by atoms with E-state index < -0.39 is 0 Å². The van der Waals surface area contributed by atoms with Crippen molar-refractivity contribution in [1.82, 2.24) is 0 Å². The molecule has 0 aliphatic carbocycles. The van der Waals surface area contributed by atoms with Gasteiger partial charge in [0.25, 0.3) is 0 Å². The van der Waals surface area contributed by atoms with Gasteiger partial charge in [-0.05, 0) is 22.9 Å². The van der Waals surface area contributed by atoms with Gasteiger partial charge in [0.15, 0.2) is 0 Å². The van der Waals surface area contributed by atoms with Crippen molar-refractivity contribution < 1.29 is 8.83 Å². The number of hydrogen-bond donors (Lipinski definition) is 0. The second-order valence-corrected chi connectivity index (χ2v) is 6.68. The van der Waals surface area contributed by atoms with E-state index in [1.807, 2.05) is 24.3 Å². The quantitative estimate of drug-likeness (QED) is 0.339. The second kappa shape index (κ2) is 4.23. The molecule has 0 N–H and O–H groups in total. The zero-order valence-corrected chi connectivity index (χ0v) is 12.8. The molecule has 0 atom stereocenters. The third-order valence-electron chi connectivity index (χ3n) is 4.12. The minimum absolute atomic E-state index is 0.00958. The summed E-state index contributed by atoms with van der Waals surface area (Å²) in [6.07, 6.45) is 1.80. The molecular formula is C19H16O3. The minimum Gasteiger partial charge on any atom is -0.464 e. The molecule has 0 aliphatic heterocycles. The lowest BCUT2D eigenvalue weighted by Crippen LogP contribution is -2.09. The van der Waals surface area contributed by atoms with Crippen LogP contribution < -0.4 is 5.63 Å². The number of furan rings is 1. The predicted octanol–water partition coefficient (Wildman–Crippen LogP) is 4.99. The van der Waals surface area contributed by atoms with E-state index >= 15 is 0 Å². The fourth-order valence-corrected chi connectivity index (χ4v) is 2.98. The molecule has 0 unspecified atom stereocenters. The Bertz CT molecular complexity index is 1070. The van der Waals surface area contributed by atoms with E-state index in [0.29, 0.717) is 11.0 Å². The van der Waals surface area contributed by atoms with Crippen LogP contribution in [0.15, 0.2) is 56.3 Å². The molecule has 3 nitrogen and oxygen atoms in total. The lowest BCUT2D eigenvalue weighted by Gasteiger charge is -2.16. The van der Waals surface area contributed by atoms with E-state index in [-0.39, 0.29) is 11.0 Å². The highest BCUT2D eigenvalue weighted by Crippen LogP contribution is 2.35. The Morgan fingerprint density at radius 3 is 2.32 bits per heavy atom. The SMILES string of the molecule is CC(C)(C)c1coc2cc3oc(=O)c4ccccc4c3cc12. The lowest BCUT2D eigenvalue weighted by molar-refractivity contribution is 0.555. The van der Waals surface area contributed by atoms with Gasteiger partial charge in [-0.3, -0.25) is 0 Å². The van der Waals surface area contributed by atoms with E-state index in [4.69, 9.17) is 8.83 Å². The summed E-state index contributed by atoms with van der Waals surface area (Å²) in [6, 6.07) is 11.4. The molecule has 22 heavy (non-hydrogen) atoms. The molecule has 2 heterocycles. The Morgan fingerprint density at radius 1 is 0.864 bits per heavy atom. The van der Waals surface area contributed by atoms with Crippen molar-refractivity contribution in [3.63, 3.8) is 0 Å². The monoisotopic (exact) mass is 292 g/mol. The third kappa shape index (κ3) is 1.78. The molecule has 4 rings (SSSR count). The highest BCUT2D eigenvalue weighted by molar-refractivity contribution is 6.09. The molecule has 0 bridgehead atoms. The maximum atomic E-state index is 12.1. The van der Waals surface area contributed by atoms with Crippen LogP contribution in [0, 0.1) is 0 Å². The first-order valence-electron chi connectivity index (χ1n) is 7.32. The molecule has 0 aliphatic rings. The van der Waals surface area contributed by atoms with Crippen molar-refractivity contribution in [2.24, 2.45) is 0 Å². The van der Waals surface area contributed by atoms with Crippen LogP contribution in [0.4, 0.5) is 0 Å². The van der Waals surface area contributed by atoms with E-state index in [1.54, 1.807) is 12.3 Å². The van der Waals surface area contributed by atoms with Gasteiger partial charge in [0.05, 0.1) is 11.6 Å². The first kappa shape index (κ1) is 13.1. The smallest absolute Gasteiger partial charge is 0.344 e. The van der Waals surface area contributed by atoms with Crippen LogP contribution in [0.5, 0.6) is 0 Å². The van der Waals surface area contributed by atoms with Crippen LogP contribution in [0.1, 0.15) is 26.3 Å². The molecule has 0 radical (unpaired) electrons. The average Bonchev–Trinajstić information content (AvgIpc) is 2.88. The lowest BCUT2D eigenvalue weighted by atomic mass is 9.86. The minimum atomic E-state index is -0.315. The Kier molecular flexibility index (Phi) is 2.52. The van der Waals surface area contributed by atoms with Gasteiger partial charge in [-0.25, -0.2) is 4.79 Å². The first-order chi connectivity index (χ1) is 10.4. The van der Waals surface area contributed by atoms with Gasteiger partial charge in [0.2, 0.25) is 0 Å². The fraction of sp³-hybridized carbons (Fsp3) is 0.211. The van der Waals surface area contributed by atoms with Crippen LogP contribution in [0.2, 0.25) is 0 Å².